The zero-order valence-electron chi connectivity index (χ0n) is 10.4. The Hall–Kier alpha value is -1.46. The molecule has 0 spiro atoms. The van der Waals surface area contributed by atoms with Crippen molar-refractivity contribution < 1.29 is 0 Å². The predicted octanol–water partition coefficient (Wildman–Crippen LogP) is 3.06. The van der Waals surface area contributed by atoms with E-state index in [1.807, 2.05) is 31.2 Å². The lowest BCUT2D eigenvalue weighted by atomic mass is 10.1. The number of anilines is 1. The summed E-state index contributed by atoms with van der Waals surface area (Å²) in [7, 11) is 0. The SMILES string of the molecule is CCc1c(C)nc(-c2ccc(Br)cc2)nc1NN. The molecule has 0 unspecified atom stereocenters. The standard InChI is InChI=1S/C13H15BrN4/c1-3-11-8(2)16-12(17-13(11)18-15)9-4-6-10(14)7-5-9/h4-7H,3,15H2,1-2H3,(H,16,17,18). The molecule has 2 aromatic rings. The normalized spacial score (nSPS) is 10.4. The Morgan fingerprint density at radius 1 is 1.22 bits per heavy atom. The molecule has 4 nitrogen and oxygen atoms in total. The number of rotatable bonds is 3. The number of aryl methyl sites for hydroxylation is 1. The molecule has 0 aliphatic carbocycles. The van der Waals surface area contributed by atoms with Crippen LogP contribution in [0.5, 0.6) is 0 Å². The summed E-state index contributed by atoms with van der Waals surface area (Å²) < 4.78 is 1.03. The fourth-order valence-corrected chi connectivity index (χ4v) is 2.13. The molecule has 1 heterocycles. The number of benzene rings is 1. The van der Waals surface area contributed by atoms with Crippen molar-refractivity contribution in [1.82, 2.24) is 9.97 Å². The van der Waals surface area contributed by atoms with Crippen molar-refractivity contribution in [2.75, 3.05) is 5.43 Å². The Balaban J connectivity index is 2.52. The van der Waals surface area contributed by atoms with Crippen molar-refractivity contribution in [2.45, 2.75) is 20.3 Å². The number of nitrogens with one attached hydrogen (secondary N) is 1. The first-order valence-corrected chi connectivity index (χ1v) is 6.55. The van der Waals surface area contributed by atoms with Crippen LogP contribution in [0.1, 0.15) is 18.2 Å². The van der Waals surface area contributed by atoms with Crippen LogP contribution in [0.25, 0.3) is 11.4 Å². The van der Waals surface area contributed by atoms with Crippen molar-refractivity contribution in [2.24, 2.45) is 5.84 Å². The first-order valence-electron chi connectivity index (χ1n) is 5.75. The van der Waals surface area contributed by atoms with Gasteiger partial charge in [0.1, 0.15) is 5.82 Å². The predicted molar refractivity (Wildman–Crippen MR) is 77.1 cm³/mol. The second kappa shape index (κ2) is 5.46. The van der Waals surface area contributed by atoms with E-state index in [2.05, 4.69) is 38.2 Å². The molecule has 94 valence electrons. The average molecular weight is 307 g/mol. The second-order valence-corrected chi connectivity index (χ2v) is 4.88. The van der Waals surface area contributed by atoms with Gasteiger partial charge in [-0.3, -0.25) is 0 Å². The first kappa shape index (κ1) is 13.0. The van der Waals surface area contributed by atoms with Crippen LogP contribution in [0.2, 0.25) is 0 Å². The van der Waals surface area contributed by atoms with E-state index in [9.17, 15) is 0 Å². The third kappa shape index (κ3) is 2.52. The van der Waals surface area contributed by atoms with Gasteiger partial charge in [0.05, 0.1) is 0 Å². The minimum absolute atomic E-state index is 0.685. The van der Waals surface area contributed by atoms with Gasteiger partial charge in [-0.15, -0.1) is 0 Å². The summed E-state index contributed by atoms with van der Waals surface area (Å²) in [6.45, 7) is 4.04. The lowest BCUT2D eigenvalue weighted by molar-refractivity contribution is 0.995. The summed E-state index contributed by atoms with van der Waals surface area (Å²) in [6, 6.07) is 7.89. The van der Waals surface area contributed by atoms with Gasteiger partial charge in [0, 0.05) is 21.3 Å². The summed E-state index contributed by atoms with van der Waals surface area (Å²) in [5.41, 5.74) is 5.63. The van der Waals surface area contributed by atoms with Crippen LogP contribution in [0, 0.1) is 6.92 Å². The zero-order valence-corrected chi connectivity index (χ0v) is 12.0. The summed E-state index contributed by atoms with van der Waals surface area (Å²) in [5.74, 6) is 6.90. The van der Waals surface area contributed by atoms with Crippen molar-refractivity contribution in [3.05, 3.63) is 40.0 Å². The quantitative estimate of drug-likeness (QED) is 0.676. The Bertz CT molecular complexity index is 552. The molecule has 5 heteroatoms. The lowest BCUT2D eigenvalue weighted by Gasteiger charge is -2.11. The van der Waals surface area contributed by atoms with Gasteiger partial charge in [0.2, 0.25) is 0 Å². The number of hydrogen-bond acceptors (Lipinski definition) is 4. The number of aromatic nitrogens is 2. The van der Waals surface area contributed by atoms with Crippen LogP contribution in [0.15, 0.2) is 28.7 Å². The van der Waals surface area contributed by atoms with Crippen LogP contribution in [0.3, 0.4) is 0 Å². The fraction of sp³-hybridized carbons (Fsp3) is 0.231. The van der Waals surface area contributed by atoms with Crippen LogP contribution in [-0.4, -0.2) is 9.97 Å². The number of nitrogens with two attached hydrogens (primary N) is 1. The molecule has 1 aromatic carbocycles. The van der Waals surface area contributed by atoms with E-state index in [4.69, 9.17) is 5.84 Å². The number of nitrogens with zero attached hydrogens (tertiary/aromatic N) is 2. The van der Waals surface area contributed by atoms with Crippen LogP contribution in [-0.2, 0) is 6.42 Å². The third-order valence-corrected chi connectivity index (χ3v) is 3.34. The topological polar surface area (TPSA) is 63.8 Å². The molecule has 0 atom stereocenters. The van der Waals surface area contributed by atoms with Gasteiger partial charge in [0.15, 0.2) is 5.82 Å². The molecule has 0 saturated carbocycles. The Labute approximate surface area is 115 Å². The molecule has 2 rings (SSSR count). The zero-order chi connectivity index (χ0) is 13.1. The summed E-state index contributed by atoms with van der Waals surface area (Å²) >= 11 is 3.41. The van der Waals surface area contributed by atoms with E-state index in [0.717, 1.165) is 27.7 Å². The van der Waals surface area contributed by atoms with Crippen LogP contribution in [0.4, 0.5) is 5.82 Å². The van der Waals surface area contributed by atoms with Gasteiger partial charge in [0.25, 0.3) is 0 Å². The maximum absolute atomic E-state index is 5.52. The Kier molecular flexibility index (Phi) is 3.93. The van der Waals surface area contributed by atoms with Gasteiger partial charge in [-0.1, -0.05) is 35.0 Å². The van der Waals surface area contributed by atoms with E-state index in [-0.39, 0.29) is 0 Å². The van der Waals surface area contributed by atoms with E-state index in [1.165, 1.54) is 0 Å². The number of nitrogen functional groups attached to an aromatic ring is 1. The van der Waals surface area contributed by atoms with Crippen LogP contribution >= 0.6 is 15.9 Å². The van der Waals surface area contributed by atoms with Gasteiger partial charge < -0.3 is 5.43 Å². The van der Waals surface area contributed by atoms with Gasteiger partial charge >= 0.3 is 0 Å². The number of hydrogen-bond donors (Lipinski definition) is 2. The molecule has 1 aromatic heterocycles. The largest absolute Gasteiger partial charge is 0.308 e. The smallest absolute Gasteiger partial charge is 0.161 e. The van der Waals surface area contributed by atoms with E-state index >= 15 is 0 Å². The van der Waals surface area contributed by atoms with E-state index in [0.29, 0.717) is 11.6 Å². The monoisotopic (exact) mass is 306 g/mol. The molecular weight excluding hydrogens is 292 g/mol. The fourth-order valence-electron chi connectivity index (χ4n) is 1.87. The lowest BCUT2D eigenvalue weighted by Crippen LogP contribution is -2.13. The number of halogens is 1. The molecule has 0 aliphatic heterocycles. The highest BCUT2D eigenvalue weighted by Gasteiger charge is 2.10. The van der Waals surface area contributed by atoms with Crippen LogP contribution < -0.4 is 11.3 Å². The highest BCUT2D eigenvalue weighted by Crippen LogP contribution is 2.23. The number of hydrazine groups is 1. The van der Waals surface area contributed by atoms with Gasteiger partial charge in [-0.25, -0.2) is 15.8 Å². The molecule has 0 bridgehead atoms. The summed E-state index contributed by atoms with van der Waals surface area (Å²) in [5, 5.41) is 0. The van der Waals surface area contributed by atoms with E-state index in [1.54, 1.807) is 0 Å². The molecule has 3 N–H and O–H groups in total. The molecule has 0 radical (unpaired) electrons. The minimum atomic E-state index is 0.685. The van der Waals surface area contributed by atoms with Crippen molar-refractivity contribution in [3.8, 4) is 11.4 Å². The highest BCUT2D eigenvalue weighted by molar-refractivity contribution is 9.10. The molecule has 0 amide bonds. The molecule has 18 heavy (non-hydrogen) atoms. The van der Waals surface area contributed by atoms with Gasteiger partial charge in [-0.2, -0.15) is 0 Å². The Morgan fingerprint density at radius 3 is 2.44 bits per heavy atom. The van der Waals surface area contributed by atoms with Crippen molar-refractivity contribution in [1.29, 1.82) is 0 Å². The summed E-state index contributed by atoms with van der Waals surface area (Å²) in [4.78, 5) is 8.99. The highest BCUT2D eigenvalue weighted by atomic mass is 79.9. The molecular formula is C13H15BrN4. The van der Waals surface area contributed by atoms with Crippen molar-refractivity contribution >= 4 is 21.7 Å². The summed E-state index contributed by atoms with van der Waals surface area (Å²) in [6.07, 6.45) is 0.853. The second-order valence-electron chi connectivity index (χ2n) is 3.96. The van der Waals surface area contributed by atoms with E-state index < -0.39 is 0 Å². The average Bonchev–Trinajstić information content (AvgIpc) is 2.38. The maximum Gasteiger partial charge on any atom is 0.161 e. The third-order valence-electron chi connectivity index (χ3n) is 2.81. The molecule has 0 aliphatic rings. The first-order chi connectivity index (χ1) is 8.65. The molecule has 0 saturated heterocycles. The van der Waals surface area contributed by atoms with Gasteiger partial charge in [-0.05, 0) is 25.5 Å². The minimum Gasteiger partial charge on any atom is -0.308 e. The van der Waals surface area contributed by atoms with Crippen molar-refractivity contribution in [3.63, 3.8) is 0 Å². The maximum atomic E-state index is 5.52. The molecule has 0 fully saturated rings. The Morgan fingerprint density at radius 2 is 1.89 bits per heavy atom.